The smallest absolute Gasteiger partial charge is 0.318 e. The molecule has 2 amide bonds. The SMILES string of the molecule is Cc1ccc(CN(Cc2ccncc2)C(=O)NC2CCS(=O)(=O)C2)s1. The molecule has 2 aromatic heterocycles. The van der Waals surface area contributed by atoms with Gasteiger partial charge in [-0.1, -0.05) is 0 Å². The summed E-state index contributed by atoms with van der Waals surface area (Å²) in [6.07, 6.45) is 3.88. The Bertz CT molecular complexity index is 834. The predicted molar refractivity (Wildman–Crippen MR) is 98.1 cm³/mol. The number of pyridine rings is 1. The van der Waals surface area contributed by atoms with Crippen molar-refractivity contribution in [3.05, 3.63) is 52.0 Å². The molecule has 6 nitrogen and oxygen atoms in total. The largest absolute Gasteiger partial charge is 0.334 e. The van der Waals surface area contributed by atoms with E-state index < -0.39 is 9.84 Å². The molecule has 0 spiro atoms. The number of carbonyl (C=O) groups excluding carboxylic acids is 1. The quantitative estimate of drug-likeness (QED) is 0.865. The summed E-state index contributed by atoms with van der Waals surface area (Å²) in [5.74, 6) is 0.173. The molecule has 0 aromatic carbocycles. The average molecular weight is 380 g/mol. The molecule has 0 saturated carbocycles. The van der Waals surface area contributed by atoms with Gasteiger partial charge in [-0.15, -0.1) is 11.3 Å². The van der Waals surface area contributed by atoms with Gasteiger partial charge >= 0.3 is 6.03 Å². The summed E-state index contributed by atoms with van der Waals surface area (Å²) in [4.78, 5) is 20.7. The van der Waals surface area contributed by atoms with Gasteiger partial charge in [0.1, 0.15) is 0 Å². The summed E-state index contributed by atoms with van der Waals surface area (Å²) in [5.41, 5.74) is 0.984. The highest BCUT2D eigenvalue weighted by Crippen LogP contribution is 2.19. The Balaban J connectivity index is 1.71. The number of amides is 2. The summed E-state index contributed by atoms with van der Waals surface area (Å²) in [6.45, 7) is 2.97. The summed E-state index contributed by atoms with van der Waals surface area (Å²) >= 11 is 1.66. The van der Waals surface area contributed by atoms with Gasteiger partial charge in [-0.25, -0.2) is 13.2 Å². The standard InChI is InChI=1S/C17H21N3O3S2/c1-13-2-3-16(24-13)11-20(10-14-4-7-18-8-5-14)17(21)19-15-6-9-25(22,23)12-15/h2-5,7-8,15H,6,9-12H2,1H3,(H,19,21). The van der Waals surface area contributed by atoms with E-state index in [2.05, 4.69) is 10.3 Å². The van der Waals surface area contributed by atoms with Crippen LogP contribution in [-0.4, -0.2) is 41.9 Å². The highest BCUT2D eigenvalue weighted by Gasteiger charge is 2.30. The van der Waals surface area contributed by atoms with Crippen molar-refractivity contribution in [1.82, 2.24) is 15.2 Å². The maximum Gasteiger partial charge on any atom is 0.318 e. The molecule has 1 saturated heterocycles. The molecule has 1 N–H and O–H groups in total. The zero-order chi connectivity index (χ0) is 17.9. The first-order valence-electron chi connectivity index (χ1n) is 8.11. The lowest BCUT2D eigenvalue weighted by atomic mass is 10.2. The first kappa shape index (κ1) is 17.9. The van der Waals surface area contributed by atoms with Crippen LogP contribution in [0.2, 0.25) is 0 Å². The van der Waals surface area contributed by atoms with Gasteiger partial charge in [0.05, 0.1) is 18.1 Å². The van der Waals surface area contributed by atoms with Crippen molar-refractivity contribution < 1.29 is 13.2 Å². The zero-order valence-corrected chi connectivity index (χ0v) is 15.6. The molecule has 0 aliphatic carbocycles. The van der Waals surface area contributed by atoms with Gasteiger partial charge in [0.2, 0.25) is 0 Å². The van der Waals surface area contributed by atoms with Gasteiger partial charge < -0.3 is 10.2 Å². The molecule has 2 aromatic rings. The number of hydrogen-bond donors (Lipinski definition) is 1. The van der Waals surface area contributed by atoms with Crippen molar-refractivity contribution >= 4 is 27.2 Å². The van der Waals surface area contributed by atoms with Gasteiger partial charge in [0.25, 0.3) is 0 Å². The van der Waals surface area contributed by atoms with E-state index in [1.807, 2.05) is 31.2 Å². The molecule has 1 fully saturated rings. The van der Waals surface area contributed by atoms with Crippen LogP contribution in [-0.2, 0) is 22.9 Å². The summed E-state index contributed by atoms with van der Waals surface area (Å²) in [5, 5.41) is 2.88. The van der Waals surface area contributed by atoms with Crippen molar-refractivity contribution in [3.8, 4) is 0 Å². The van der Waals surface area contributed by atoms with E-state index in [9.17, 15) is 13.2 Å². The topological polar surface area (TPSA) is 79.4 Å². The zero-order valence-electron chi connectivity index (χ0n) is 14.0. The summed E-state index contributed by atoms with van der Waals surface area (Å²) < 4.78 is 23.2. The number of aromatic nitrogens is 1. The van der Waals surface area contributed by atoms with Crippen LogP contribution in [0.25, 0.3) is 0 Å². The molecular formula is C17H21N3O3S2. The lowest BCUT2D eigenvalue weighted by molar-refractivity contribution is 0.189. The molecule has 3 heterocycles. The fraction of sp³-hybridized carbons (Fsp3) is 0.412. The van der Waals surface area contributed by atoms with E-state index in [-0.39, 0.29) is 23.6 Å². The first-order valence-corrected chi connectivity index (χ1v) is 10.8. The van der Waals surface area contributed by atoms with Gasteiger partial charge in [-0.3, -0.25) is 4.98 Å². The van der Waals surface area contributed by atoms with Crippen molar-refractivity contribution in [2.24, 2.45) is 0 Å². The molecule has 0 bridgehead atoms. The van der Waals surface area contributed by atoms with Crippen molar-refractivity contribution in [3.63, 3.8) is 0 Å². The predicted octanol–water partition coefficient (Wildman–Crippen LogP) is 2.35. The molecule has 134 valence electrons. The second-order valence-electron chi connectivity index (χ2n) is 6.27. The third-order valence-electron chi connectivity index (χ3n) is 4.11. The third kappa shape index (κ3) is 5.02. The Morgan fingerprint density at radius 2 is 2.04 bits per heavy atom. The van der Waals surface area contributed by atoms with E-state index >= 15 is 0 Å². The van der Waals surface area contributed by atoms with E-state index in [1.54, 1.807) is 28.6 Å². The minimum atomic E-state index is -3.02. The van der Waals surface area contributed by atoms with Crippen LogP contribution in [0, 0.1) is 6.92 Å². The Morgan fingerprint density at radius 1 is 1.28 bits per heavy atom. The summed E-state index contributed by atoms with van der Waals surface area (Å²) in [7, 11) is -3.02. The molecule has 3 rings (SSSR count). The number of thiophene rings is 1. The second-order valence-corrected chi connectivity index (χ2v) is 9.87. The van der Waals surface area contributed by atoms with Gasteiger partial charge in [0, 0.05) is 34.7 Å². The highest BCUT2D eigenvalue weighted by molar-refractivity contribution is 7.91. The molecule has 1 aliphatic heterocycles. The van der Waals surface area contributed by atoms with Crippen LogP contribution in [0.3, 0.4) is 0 Å². The lowest BCUT2D eigenvalue weighted by Crippen LogP contribution is -2.44. The number of hydrogen-bond acceptors (Lipinski definition) is 5. The van der Waals surface area contributed by atoms with Gasteiger partial charge in [-0.05, 0) is 43.2 Å². The highest BCUT2D eigenvalue weighted by atomic mass is 32.2. The van der Waals surface area contributed by atoms with Gasteiger partial charge in [0.15, 0.2) is 9.84 Å². The second kappa shape index (κ2) is 7.53. The molecular weight excluding hydrogens is 358 g/mol. The first-order chi connectivity index (χ1) is 11.9. The van der Waals surface area contributed by atoms with Crippen molar-refractivity contribution in [1.29, 1.82) is 0 Å². The van der Waals surface area contributed by atoms with E-state index in [1.165, 1.54) is 4.88 Å². The average Bonchev–Trinajstić information content (AvgIpc) is 3.12. The Kier molecular flexibility index (Phi) is 5.39. The minimum Gasteiger partial charge on any atom is -0.334 e. The number of urea groups is 1. The maximum atomic E-state index is 12.7. The van der Waals surface area contributed by atoms with E-state index in [0.29, 0.717) is 19.5 Å². The van der Waals surface area contributed by atoms with Crippen LogP contribution in [0.4, 0.5) is 4.79 Å². The molecule has 1 aliphatic rings. The lowest BCUT2D eigenvalue weighted by Gasteiger charge is -2.24. The minimum absolute atomic E-state index is 0.0277. The molecule has 1 unspecified atom stereocenters. The molecule has 25 heavy (non-hydrogen) atoms. The Hall–Kier alpha value is -1.93. The van der Waals surface area contributed by atoms with Crippen LogP contribution >= 0.6 is 11.3 Å². The number of rotatable bonds is 5. The maximum absolute atomic E-state index is 12.7. The number of nitrogens with one attached hydrogen (secondary N) is 1. The molecule has 0 radical (unpaired) electrons. The molecule has 8 heteroatoms. The Morgan fingerprint density at radius 3 is 2.64 bits per heavy atom. The van der Waals surface area contributed by atoms with Crippen LogP contribution in [0.1, 0.15) is 21.7 Å². The number of aryl methyl sites for hydroxylation is 1. The Labute approximate surface area is 151 Å². The monoisotopic (exact) mass is 379 g/mol. The normalized spacial score (nSPS) is 18.8. The number of carbonyl (C=O) groups is 1. The van der Waals surface area contributed by atoms with Crippen molar-refractivity contribution in [2.75, 3.05) is 11.5 Å². The van der Waals surface area contributed by atoms with Crippen LogP contribution < -0.4 is 5.32 Å². The fourth-order valence-electron chi connectivity index (χ4n) is 2.84. The number of nitrogens with zero attached hydrogens (tertiary/aromatic N) is 2. The van der Waals surface area contributed by atoms with E-state index in [0.717, 1.165) is 10.4 Å². The third-order valence-corrected chi connectivity index (χ3v) is 6.87. The van der Waals surface area contributed by atoms with Crippen LogP contribution in [0.15, 0.2) is 36.7 Å². The van der Waals surface area contributed by atoms with Crippen molar-refractivity contribution in [2.45, 2.75) is 32.5 Å². The fourth-order valence-corrected chi connectivity index (χ4v) is 5.42. The molecule has 1 atom stereocenters. The van der Waals surface area contributed by atoms with Crippen LogP contribution in [0.5, 0.6) is 0 Å². The number of sulfone groups is 1. The van der Waals surface area contributed by atoms with E-state index in [4.69, 9.17) is 0 Å². The van der Waals surface area contributed by atoms with Gasteiger partial charge in [-0.2, -0.15) is 0 Å². The summed E-state index contributed by atoms with van der Waals surface area (Å²) in [6, 6.07) is 7.27.